The summed E-state index contributed by atoms with van der Waals surface area (Å²) in [5.74, 6) is 0.450. The molecular formula is C31H29F3N4O4. The van der Waals surface area contributed by atoms with Crippen molar-refractivity contribution in [1.29, 1.82) is 0 Å². The molecule has 1 N–H and O–H groups in total. The molecule has 3 aromatic heterocycles. The number of aromatic nitrogens is 3. The van der Waals surface area contributed by atoms with E-state index in [-0.39, 0.29) is 28.5 Å². The summed E-state index contributed by atoms with van der Waals surface area (Å²) in [5.41, 5.74) is 2.03. The predicted molar refractivity (Wildman–Crippen MR) is 148 cm³/mol. The van der Waals surface area contributed by atoms with Crippen LogP contribution in [0, 0.1) is 5.41 Å². The number of piperidine rings is 1. The number of fused-ring (bicyclic) bond motifs is 1. The Hall–Kier alpha value is -4.15. The number of rotatable bonds is 6. The Morgan fingerprint density at radius 2 is 1.88 bits per heavy atom. The Morgan fingerprint density at radius 3 is 2.55 bits per heavy atom. The summed E-state index contributed by atoms with van der Waals surface area (Å²) in [5, 5.41) is 14.3. The summed E-state index contributed by atoms with van der Waals surface area (Å²) in [6, 6.07) is 8.22. The zero-order valence-electron chi connectivity index (χ0n) is 22.9. The molecule has 4 heterocycles. The van der Waals surface area contributed by atoms with E-state index in [4.69, 9.17) is 9.26 Å². The molecule has 1 aliphatic heterocycles. The molecule has 8 nitrogen and oxygen atoms in total. The highest BCUT2D eigenvalue weighted by Gasteiger charge is 2.50. The van der Waals surface area contributed by atoms with Crippen LogP contribution in [0.5, 0.6) is 5.75 Å². The van der Waals surface area contributed by atoms with Gasteiger partial charge in [0.05, 0.1) is 18.2 Å². The molecule has 0 atom stereocenters. The summed E-state index contributed by atoms with van der Waals surface area (Å²) < 4.78 is 52.8. The van der Waals surface area contributed by atoms with Gasteiger partial charge in [0.1, 0.15) is 17.2 Å². The molecule has 2 aliphatic carbocycles. The second-order valence-electron chi connectivity index (χ2n) is 11.8. The monoisotopic (exact) mass is 578 g/mol. The zero-order valence-corrected chi connectivity index (χ0v) is 22.9. The number of nitrogens with zero attached hydrogens (tertiary/aromatic N) is 4. The molecule has 0 bridgehead atoms. The Kier molecular flexibility index (Phi) is 6.18. The van der Waals surface area contributed by atoms with E-state index in [0.29, 0.717) is 17.0 Å². The van der Waals surface area contributed by atoms with Crippen LogP contribution in [0.1, 0.15) is 77.7 Å². The van der Waals surface area contributed by atoms with Crippen LogP contribution >= 0.6 is 0 Å². The second-order valence-corrected chi connectivity index (χ2v) is 11.8. The minimum absolute atomic E-state index is 0.0110. The molecule has 0 unspecified atom stereocenters. The van der Waals surface area contributed by atoms with Crippen LogP contribution in [-0.2, 0) is 6.18 Å². The lowest BCUT2D eigenvalue weighted by Gasteiger charge is -2.53. The number of hydrogen-bond donors (Lipinski definition) is 1. The quantitative estimate of drug-likeness (QED) is 0.260. The first-order valence-electron chi connectivity index (χ1n) is 14.1. The number of alkyl halides is 3. The summed E-state index contributed by atoms with van der Waals surface area (Å²) in [4.78, 5) is 22.0. The van der Waals surface area contributed by atoms with E-state index in [9.17, 15) is 23.1 Å². The van der Waals surface area contributed by atoms with Gasteiger partial charge in [-0.1, -0.05) is 5.16 Å². The van der Waals surface area contributed by atoms with E-state index >= 15 is 0 Å². The first-order valence-corrected chi connectivity index (χ1v) is 14.1. The molecule has 11 heteroatoms. The first-order chi connectivity index (χ1) is 20.2. The van der Waals surface area contributed by atoms with Crippen molar-refractivity contribution >= 4 is 22.6 Å². The number of hydrogen-bond acceptors (Lipinski definition) is 7. The van der Waals surface area contributed by atoms with Gasteiger partial charge in [0, 0.05) is 59.7 Å². The molecule has 2 saturated carbocycles. The third-order valence-electron chi connectivity index (χ3n) is 9.24. The van der Waals surface area contributed by atoms with Crippen molar-refractivity contribution in [2.45, 2.75) is 56.5 Å². The molecule has 4 aromatic rings. The third kappa shape index (κ3) is 4.55. The highest BCUT2D eigenvalue weighted by atomic mass is 19.4. The van der Waals surface area contributed by atoms with Crippen molar-refractivity contribution in [3.8, 4) is 17.0 Å². The molecule has 218 valence electrons. The molecule has 0 amide bonds. The van der Waals surface area contributed by atoms with Gasteiger partial charge in [-0.2, -0.15) is 13.2 Å². The fraction of sp³-hybridized carbons (Fsp3) is 0.419. The summed E-state index contributed by atoms with van der Waals surface area (Å²) >= 11 is 0. The normalized spacial score (nSPS) is 18.8. The van der Waals surface area contributed by atoms with Crippen LogP contribution in [0.4, 0.5) is 18.9 Å². The Morgan fingerprint density at radius 1 is 1.12 bits per heavy atom. The van der Waals surface area contributed by atoms with Gasteiger partial charge in [-0.15, -0.1) is 0 Å². The number of carbonyl (C=O) groups is 1. The van der Waals surface area contributed by atoms with Gasteiger partial charge in [-0.05, 0) is 74.1 Å². The van der Waals surface area contributed by atoms with Crippen LogP contribution in [-0.4, -0.2) is 46.4 Å². The molecule has 3 aliphatic rings. The largest absolute Gasteiger partial charge is 0.496 e. The number of carboxylic acids is 1. The van der Waals surface area contributed by atoms with Crippen LogP contribution < -0.4 is 9.64 Å². The van der Waals surface area contributed by atoms with Crippen molar-refractivity contribution in [3.05, 3.63) is 65.3 Å². The van der Waals surface area contributed by atoms with Gasteiger partial charge in [0.15, 0.2) is 5.69 Å². The summed E-state index contributed by atoms with van der Waals surface area (Å²) in [6.45, 7) is 1.68. The first kappa shape index (κ1) is 26.7. The predicted octanol–water partition coefficient (Wildman–Crippen LogP) is 7.05. The highest BCUT2D eigenvalue weighted by molar-refractivity contribution is 5.94. The van der Waals surface area contributed by atoms with Crippen LogP contribution in [0.25, 0.3) is 22.2 Å². The minimum atomic E-state index is -4.51. The number of methoxy groups -OCH3 is 1. The van der Waals surface area contributed by atoms with Gasteiger partial charge in [-0.25, -0.2) is 9.78 Å². The standard InChI is InChI=1S/C31H29F3N4O4/c1-41-25-13-24(29(39)40)36-23-5-4-19(12-20(23)25)38-10-7-30(8-11-38)14-18(15-30)26-27(37-42-28(26)17-2-3-17)21-16-35-9-6-22(21)31(32,33)34/h4-6,9,12-13,16-18H,2-3,7-8,10-11,14-15H2,1H3,(H,39,40). The second kappa shape index (κ2) is 9.71. The smallest absolute Gasteiger partial charge is 0.417 e. The Balaban J connectivity index is 1.10. The van der Waals surface area contributed by atoms with Crippen molar-refractivity contribution in [1.82, 2.24) is 15.1 Å². The lowest BCUT2D eigenvalue weighted by atomic mass is 9.55. The zero-order chi connectivity index (χ0) is 29.2. The number of anilines is 1. The van der Waals surface area contributed by atoms with Crippen LogP contribution in [0.2, 0.25) is 0 Å². The topological polar surface area (TPSA) is 102 Å². The van der Waals surface area contributed by atoms with E-state index in [1.165, 1.54) is 19.4 Å². The summed E-state index contributed by atoms with van der Waals surface area (Å²) in [7, 11) is 1.51. The number of halogens is 3. The number of benzene rings is 1. The van der Waals surface area contributed by atoms with Gasteiger partial charge in [-0.3, -0.25) is 4.98 Å². The van der Waals surface area contributed by atoms with Crippen molar-refractivity contribution in [2.75, 3.05) is 25.1 Å². The van der Waals surface area contributed by atoms with Gasteiger partial charge in [0.25, 0.3) is 0 Å². The number of aromatic carboxylic acids is 1. The molecule has 1 aromatic carbocycles. The lowest BCUT2D eigenvalue weighted by molar-refractivity contribution is -0.137. The minimum Gasteiger partial charge on any atom is -0.496 e. The fourth-order valence-electron chi connectivity index (χ4n) is 6.86. The SMILES string of the molecule is COc1cc(C(=O)O)nc2ccc(N3CCC4(CC3)CC(c3c(-c5cnccc5C(F)(F)F)noc3C3CC3)C4)cc12. The molecule has 3 fully saturated rings. The van der Waals surface area contributed by atoms with Crippen molar-refractivity contribution < 1.29 is 32.3 Å². The van der Waals surface area contributed by atoms with Crippen LogP contribution in [0.3, 0.4) is 0 Å². The van der Waals surface area contributed by atoms with Gasteiger partial charge < -0.3 is 19.3 Å². The molecule has 7 rings (SSSR count). The van der Waals surface area contributed by atoms with Crippen molar-refractivity contribution in [3.63, 3.8) is 0 Å². The molecule has 1 saturated heterocycles. The maximum Gasteiger partial charge on any atom is 0.417 e. The highest BCUT2D eigenvalue weighted by Crippen LogP contribution is 2.60. The molecular weight excluding hydrogens is 549 g/mol. The van der Waals surface area contributed by atoms with E-state index in [2.05, 4.69) is 20.0 Å². The van der Waals surface area contributed by atoms with E-state index in [1.807, 2.05) is 18.2 Å². The van der Waals surface area contributed by atoms with Gasteiger partial charge in [0.2, 0.25) is 0 Å². The summed E-state index contributed by atoms with van der Waals surface area (Å²) in [6.07, 6.45) is 3.56. The molecule has 42 heavy (non-hydrogen) atoms. The van der Waals surface area contributed by atoms with E-state index in [0.717, 1.165) is 86.3 Å². The number of pyridine rings is 2. The number of carboxylic acid groups (broad SMARTS) is 1. The fourth-order valence-corrected chi connectivity index (χ4v) is 6.86. The third-order valence-corrected chi connectivity index (χ3v) is 9.24. The lowest BCUT2D eigenvalue weighted by Crippen LogP contribution is -2.46. The Labute approximate surface area is 239 Å². The maximum absolute atomic E-state index is 13.9. The average Bonchev–Trinajstić information content (AvgIpc) is 3.72. The van der Waals surface area contributed by atoms with Gasteiger partial charge >= 0.3 is 12.1 Å². The Bertz CT molecular complexity index is 1680. The number of ether oxygens (including phenoxy) is 1. The maximum atomic E-state index is 13.9. The van der Waals surface area contributed by atoms with Crippen molar-refractivity contribution in [2.24, 2.45) is 5.41 Å². The van der Waals surface area contributed by atoms with E-state index in [1.54, 1.807) is 0 Å². The molecule has 0 radical (unpaired) electrons. The van der Waals surface area contributed by atoms with E-state index < -0.39 is 17.7 Å². The average molecular weight is 579 g/mol. The van der Waals surface area contributed by atoms with Crippen LogP contribution in [0.15, 0.2) is 47.2 Å². The molecule has 1 spiro atoms.